The van der Waals surface area contributed by atoms with Gasteiger partial charge < -0.3 is 14.6 Å². The van der Waals surface area contributed by atoms with Crippen molar-refractivity contribution in [2.24, 2.45) is 5.10 Å². The summed E-state index contributed by atoms with van der Waals surface area (Å²) in [7, 11) is 0. The second-order valence-electron chi connectivity index (χ2n) is 6.10. The lowest BCUT2D eigenvalue weighted by Gasteiger charge is -2.28. The maximum atomic E-state index is 11.7. The molecule has 2 N–H and O–H groups in total. The van der Waals surface area contributed by atoms with Crippen molar-refractivity contribution >= 4 is 23.7 Å². The van der Waals surface area contributed by atoms with Gasteiger partial charge in [-0.25, -0.2) is 5.43 Å². The van der Waals surface area contributed by atoms with Crippen LogP contribution in [0.15, 0.2) is 52.2 Å². The first-order valence-corrected chi connectivity index (χ1v) is 8.71. The smallest absolute Gasteiger partial charge is 0.329 e. The van der Waals surface area contributed by atoms with Crippen molar-refractivity contribution in [3.63, 3.8) is 0 Å². The number of furan rings is 1. The van der Waals surface area contributed by atoms with E-state index < -0.39 is 11.8 Å². The summed E-state index contributed by atoms with van der Waals surface area (Å²) in [4.78, 5) is 25.7. The molecule has 2 heterocycles. The molecular weight excluding hydrogens is 332 g/mol. The third kappa shape index (κ3) is 4.95. The van der Waals surface area contributed by atoms with Crippen LogP contribution in [0, 0.1) is 0 Å². The van der Waals surface area contributed by atoms with Crippen molar-refractivity contribution in [3.8, 4) is 0 Å². The van der Waals surface area contributed by atoms with Gasteiger partial charge in [-0.1, -0.05) is 12.1 Å². The molecule has 1 saturated heterocycles. The lowest BCUT2D eigenvalue weighted by atomic mass is 10.1. The van der Waals surface area contributed by atoms with Gasteiger partial charge in [0, 0.05) is 18.8 Å². The second kappa shape index (κ2) is 8.84. The Balaban J connectivity index is 1.45. The highest BCUT2D eigenvalue weighted by molar-refractivity contribution is 6.35. The summed E-state index contributed by atoms with van der Waals surface area (Å²) in [6.45, 7) is 2.34. The van der Waals surface area contributed by atoms with Gasteiger partial charge in [0.05, 0.1) is 19.0 Å². The van der Waals surface area contributed by atoms with Gasteiger partial charge in [-0.05, 0) is 49.1 Å². The fourth-order valence-electron chi connectivity index (χ4n) is 2.80. The minimum absolute atomic E-state index is 0.154. The Hall–Kier alpha value is -3.09. The first-order valence-electron chi connectivity index (χ1n) is 8.71. The number of anilines is 1. The van der Waals surface area contributed by atoms with Crippen LogP contribution in [0.3, 0.4) is 0 Å². The number of nitrogens with one attached hydrogen (secondary N) is 2. The van der Waals surface area contributed by atoms with Crippen LogP contribution in [0.1, 0.15) is 30.6 Å². The van der Waals surface area contributed by atoms with Crippen molar-refractivity contribution in [2.75, 3.05) is 18.0 Å². The van der Waals surface area contributed by atoms with E-state index in [9.17, 15) is 9.59 Å². The Bertz CT molecular complexity index is 748. The molecule has 0 saturated carbocycles. The van der Waals surface area contributed by atoms with E-state index >= 15 is 0 Å². The van der Waals surface area contributed by atoms with Crippen molar-refractivity contribution in [2.45, 2.75) is 25.8 Å². The van der Waals surface area contributed by atoms with Gasteiger partial charge in [-0.3, -0.25) is 9.59 Å². The highest BCUT2D eigenvalue weighted by atomic mass is 16.3. The Morgan fingerprint density at radius 1 is 1.08 bits per heavy atom. The molecule has 1 aliphatic heterocycles. The number of carbonyl (C=O) groups excluding carboxylic acids is 2. The number of piperidine rings is 1. The average Bonchev–Trinajstić information content (AvgIpc) is 3.21. The molecule has 1 fully saturated rings. The van der Waals surface area contributed by atoms with Crippen molar-refractivity contribution in [3.05, 3.63) is 54.0 Å². The van der Waals surface area contributed by atoms with Crippen LogP contribution >= 0.6 is 0 Å². The summed E-state index contributed by atoms with van der Waals surface area (Å²) in [5.41, 5.74) is 4.26. The number of hydrogen-bond acceptors (Lipinski definition) is 5. The number of benzene rings is 1. The summed E-state index contributed by atoms with van der Waals surface area (Å²) in [5.74, 6) is -1.01. The molecule has 1 aliphatic rings. The van der Waals surface area contributed by atoms with E-state index in [-0.39, 0.29) is 6.54 Å². The van der Waals surface area contributed by atoms with Crippen LogP contribution in [0.5, 0.6) is 0 Å². The second-order valence-corrected chi connectivity index (χ2v) is 6.10. The maximum absolute atomic E-state index is 11.7. The van der Waals surface area contributed by atoms with Crippen LogP contribution in [0.25, 0.3) is 0 Å². The van der Waals surface area contributed by atoms with Gasteiger partial charge >= 0.3 is 11.8 Å². The lowest BCUT2D eigenvalue weighted by Crippen LogP contribution is -2.37. The Morgan fingerprint density at radius 2 is 1.85 bits per heavy atom. The molecule has 0 spiro atoms. The number of hydrogen-bond donors (Lipinski definition) is 2. The van der Waals surface area contributed by atoms with Gasteiger partial charge in [0.1, 0.15) is 5.76 Å². The third-order valence-corrected chi connectivity index (χ3v) is 4.20. The van der Waals surface area contributed by atoms with Crippen LogP contribution in [0.4, 0.5) is 5.69 Å². The first kappa shape index (κ1) is 17.7. The SMILES string of the molecule is O=C(NCc1ccco1)C(=O)N/N=C/c1ccc(N2CCCCC2)cc1. The van der Waals surface area contributed by atoms with Crippen molar-refractivity contribution < 1.29 is 14.0 Å². The molecule has 0 bridgehead atoms. The van der Waals surface area contributed by atoms with E-state index in [1.807, 2.05) is 24.3 Å². The zero-order valence-corrected chi connectivity index (χ0v) is 14.5. The minimum Gasteiger partial charge on any atom is -0.467 e. The molecule has 0 unspecified atom stereocenters. The topological polar surface area (TPSA) is 86.9 Å². The number of rotatable bonds is 5. The standard InChI is InChI=1S/C19H22N4O3/c24-18(20-14-17-5-4-12-26-17)19(25)22-21-13-15-6-8-16(9-7-15)23-10-2-1-3-11-23/h4-9,12-13H,1-3,10-11,14H2,(H,20,24)(H,22,25)/b21-13+. The van der Waals surface area contributed by atoms with Gasteiger partial charge in [0.25, 0.3) is 0 Å². The lowest BCUT2D eigenvalue weighted by molar-refractivity contribution is -0.139. The normalized spacial score (nSPS) is 14.4. The summed E-state index contributed by atoms with van der Waals surface area (Å²) >= 11 is 0. The Morgan fingerprint density at radius 3 is 2.54 bits per heavy atom. The maximum Gasteiger partial charge on any atom is 0.329 e. The highest BCUT2D eigenvalue weighted by Gasteiger charge is 2.13. The van der Waals surface area contributed by atoms with Gasteiger partial charge in [-0.15, -0.1) is 0 Å². The van der Waals surface area contributed by atoms with Crippen LogP contribution in [-0.2, 0) is 16.1 Å². The zero-order valence-electron chi connectivity index (χ0n) is 14.5. The monoisotopic (exact) mass is 354 g/mol. The summed E-state index contributed by atoms with van der Waals surface area (Å²) in [5, 5.41) is 6.28. The Kier molecular flexibility index (Phi) is 6.03. The fourth-order valence-corrected chi connectivity index (χ4v) is 2.80. The van der Waals surface area contributed by atoms with E-state index in [4.69, 9.17) is 4.42 Å². The van der Waals surface area contributed by atoms with Gasteiger partial charge in [0.15, 0.2) is 0 Å². The molecule has 26 heavy (non-hydrogen) atoms. The van der Waals surface area contributed by atoms with Crippen LogP contribution in [-0.4, -0.2) is 31.1 Å². The molecule has 7 nitrogen and oxygen atoms in total. The molecule has 0 atom stereocenters. The minimum atomic E-state index is -0.822. The quantitative estimate of drug-likeness (QED) is 0.489. The highest BCUT2D eigenvalue weighted by Crippen LogP contribution is 2.19. The van der Waals surface area contributed by atoms with E-state index in [0.29, 0.717) is 5.76 Å². The van der Waals surface area contributed by atoms with Gasteiger partial charge in [-0.2, -0.15) is 5.10 Å². The number of hydrazone groups is 1. The van der Waals surface area contributed by atoms with Crippen molar-refractivity contribution in [1.82, 2.24) is 10.7 Å². The molecule has 0 radical (unpaired) electrons. The Labute approximate surface area is 152 Å². The number of nitrogens with zero attached hydrogens (tertiary/aromatic N) is 2. The zero-order chi connectivity index (χ0) is 18.2. The molecule has 2 amide bonds. The molecule has 0 aliphatic carbocycles. The van der Waals surface area contributed by atoms with E-state index in [2.05, 4.69) is 20.7 Å². The van der Waals surface area contributed by atoms with E-state index in [1.54, 1.807) is 12.1 Å². The number of carbonyl (C=O) groups is 2. The molecule has 1 aromatic carbocycles. The first-order chi connectivity index (χ1) is 12.7. The predicted octanol–water partition coefficient (Wildman–Crippen LogP) is 2.04. The molecule has 3 rings (SSSR count). The summed E-state index contributed by atoms with van der Waals surface area (Å²) < 4.78 is 5.08. The van der Waals surface area contributed by atoms with E-state index in [1.165, 1.54) is 37.4 Å². The van der Waals surface area contributed by atoms with Crippen LogP contribution in [0.2, 0.25) is 0 Å². The van der Waals surface area contributed by atoms with Crippen LogP contribution < -0.4 is 15.6 Å². The summed E-state index contributed by atoms with van der Waals surface area (Å²) in [6.07, 6.45) is 6.78. The molecule has 1 aromatic heterocycles. The predicted molar refractivity (Wildman–Crippen MR) is 98.8 cm³/mol. The third-order valence-electron chi connectivity index (χ3n) is 4.20. The summed E-state index contributed by atoms with van der Waals surface area (Å²) in [6, 6.07) is 11.4. The van der Waals surface area contributed by atoms with Gasteiger partial charge in [0.2, 0.25) is 0 Å². The fraction of sp³-hybridized carbons (Fsp3) is 0.316. The van der Waals surface area contributed by atoms with Crippen molar-refractivity contribution in [1.29, 1.82) is 0 Å². The molecular formula is C19H22N4O3. The molecule has 7 heteroatoms. The molecule has 136 valence electrons. The molecule has 2 aromatic rings. The largest absolute Gasteiger partial charge is 0.467 e. The van der Waals surface area contributed by atoms with E-state index in [0.717, 1.165) is 18.7 Å². The average molecular weight is 354 g/mol. The number of amides is 2.